The van der Waals surface area contributed by atoms with Crippen LogP contribution in [0.2, 0.25) is 0 Å². The molecule has 0 bridgehead atoms. The fourth-order valence-corrected chi connectivity index (χ4v) is 2.53. The highest BCUT2D eigenvalue weighted by Crippen LogP contribution is 2.06. The van der Waals surface area contributed by atoms with Crippen LogP contribution < -0.4 is 5.32 Å². The smallest absolute Gasteiger partial charge is 0.335 e. The minimum Gasteiger partial charge on any atom is -0.478 e. The number of carbonyl (C=O) groups is 2. The first-order valence-electron chi connectivity index (χ1n) is 8.81. The number of benzene rings is 2. The summed E-state index contributed by atoms with van der Waals surface area (Å²) in [4.78, 5) is 27.4. The highest BCUT2D eigenvalue weighted by atomic mass is 19.1. The average Bonchev–Trinajstić information content (AvgIpc) is 2.74. The number of hydrogen-bond acceptors (Lipinski definition) is 3. The maximum atomic E-state index is 12.9. The summed E-state index contributed by atoms with van der Waals surface area (Å²) < 4.78 is 12.9. The predicted octanol–water partition coefficient (Wildman–Crippen LogP) is 3.44. The first-order chi connectivity index (χ1) is 14.0. The van der Waals surface area contributed by atoms with Crippen molar-refractivity contribution in [1.82, 2.24) is 10.3 Å². The Kier molecular flexibility index (Phi) is 6.33. The topological polar surface area (TPSA) is 79.3 Å². The second-order valence-electron chi connectivity index (χ2n) is 6.22. The normalized spacial score (nSPS) is 9.97. The standard InChI is InChI=1S/C23H17FN2O3/c24-20-10-6-16(7-11-20)2-1-3-21-14-19(12-13-25-21)22(27)26-15-17-4-8-18(9-5-17)23(28)29/h4-14H,2,15H2,(H,26,27)(H,28,29). The van der Waals surface area contributed by atoms with Gasteiger partial charge in [0, 0.05) is 24.7 Å². The molecule has 0 aliphatic carbocycles. The number of aromatic carboxylic acids is 1. The number of pyridine rings is 1. The summed E-state index contributed by atoms with van der Waals surface area (Å²) in [6.45, 7) is 0.270. The van der Waals surface area contributed by atoms with Gasteiger partial charge < -0.3 is 10.4 Å². The summed E-state index contributed by atoms with van der Waals surface area (Å²) in [6, 6.07) is 15.6. The second kappa shape index (κ2) is 9.29. The van der Waals surface area contributed by atoms with Gasteiger partial charge in [0.1, 0.15) is 11.5 Å². The molecule has 3 aromatic rings. The van der Waals surface area contributed by atoms with Crippen molar-refractivity contribution in [3.05, 3.63) is 101 Å². The van der Waals surface area contributed by atoms with E-state index in [9.17, 15) is 14.0 Å². The maximum Gasteiger partial charge on any atom is 0.335 e. The summed E-state index contributed by atoms with van der Waals surface area (Å²) in [7, 11) is 0. The number of carboxylic acids is 1. The molecular weight excluding hydrogens is 371 g/mol. The lowest BCUT2D eigenvalue weighted by atomic mass is 10.1. The Bertz CT molecular complexity index is 1080. The first-order valence-corrected chi connectivity index (χ1v) is 8.81. The minimum absolute atomic E-state index is 0.193. The van der Waals surface area contributed by atoms with Crippen LogP contribution in [0.4, 0.5) is 4.39 Å². The molecule has 5 nitrogen and oxygen atoms in total. The molecule has 0 fully saturated rings. The van der Waals surface area contributed by atoms with Gasteiger partial charge in [0.05, 0.1) is 5.56 Å². The van der Waals surface area contributed by atoms with Crippen LogP contribution in [0.5, 0.6) is 0 Å². The highest BCUT2D eigenvalue weighted by molar-refractivity contribution is 5.94. The Morgan fingerprint density at radius 1 is 0.966 bits per heavy atom. The van der Waals surface area contributed by atoms with E-state index in [4.69, 9.17) is 5.11 Å². The molecule has 29 heavy (non-hydrogen) atoms. The summed E-state index contributed by atoms with van der Waals surface area (Å²) in [5.74, 6) is 4.30. The molecule has 0 spiro atoms. The van der Waals surface area contributed by atoms with Crippen LogP contribution in [0, 0.1) is 17.7 Å². The number of hydrogen-bond donors (Lipinski definition) is 2. The molecule has 3 rings (SSSR count). The lowest BCUT2D eigenvalue weighted by molar-refractivity contribution is 0.0696. The fraction of sp³-hybridized carbons (Fsp3) is 0.0870. The van der Waals surface area contributed by atoms with Crippen molar-refractivity contribution in [3.8, 4) is 11.8 Å². The SMILES string of the molecule is O=C(O)c1ccc(CNC(=O)c2ccnc(C#CCc3ccc(F)cc3)c2)cc1. The Morgan fingerprint density at radius 2 is 1.66 bits per heavy atom. The Balaban J connectivity index is 1.59. The summed E-state index contributed by atoms with van der Waals surface area (Å²) in [5, 5.41) is 11.7. The molecule has 2 aromatic carbocycles. The van der Waals surface area contributed by atoms with Crippen LogP contribution >= 0.6 is 0 Å². The van der Waals surface area contributed by atoms with Crippen molar-refractivity contribution < 1.29 is 19.1 Å². The summed E-state index contributed by atoms with van der Waals surface area (Å²) in [5.41, 5.74) is 2.76. The molecule has 0 atom stereocenters. The quantitative estimate of drug-likeness (QED) is 0.657. The zero-order valence-corrected chi connectivity index (χ0v) is 15.4. The monoisotopic (exact) mass is 388 g/mol. The van der Waals surface area contributed by atoms with Crippen LogP contribution in [-0.2, 0) is 13.0 Å². The van der Waals surface area contributed by atoms with E-state index >= 15 is 0 Å². The van der Waals surface area contributed by atoms with E-state index in [-0.39, 0.29) is 23.8 Å². The Labute approximate surface area is 167 Å². The van der Waals surface area contributed by atoms with Crippen molar-refractivity contribution in [3.63, 3.8) is 0 Å². The van der Waals surface area contributed by atoms with Crippen LogP contribution in [-0.4, -0.2) is 22.0 Å². The van der Waals surface area contributed by atoms with Gasteiger partial charge in [-0.2, -0.15) is 0 Å². The molecule has 0 aliphatic rings. The minimum atomic E-state index is -0.995. The third-order valence-electron chi connectivity index (χ3n) is 4.10. The molecule has 0 unspecified atom stereocenters. The number of rotatable bonds is 5. The number of carboxylic acid groups (broad SMARTS) is 1. The van der Waals surface area contributed by atoms with Gasteiger partial charge >= 0.3 is 5.97 Å². The van der Waals surface area contributed by atoms with Gasteiger partial charge in [-0.05, 0) is 53.4 Å². The van der Waals surface area contributed by atoms with Crippen LogP contribution in [0.25, 0.3) is 0 Å². The number of aromatic nitrogens is 1. The predicted molar refractivity (Wildman–Crippen MR) is 106 cm³/mol. The molecule has 0 saturated heterocycles. The zero-order valence-electron chi connectivity index (χ0n) is 15.4. The summed E-state index contributed by atoms with van der Waals surface area (Å²) >= 11 is 0. The molecule has 2 N–H and O–H groups in total. The second-order valence-corrected chi connectivity index (χ2v) is 6.22. The van der Waals surface area contributed by atoms with Gasteiger partial charge in [0.15, 0.2) is 0 Å². The van der Waals surface area contributed by atoms with Crippen molar-refractivity contribution in [1.29, 1.82) is 0 Å². The van der Waals surface area contributed by atoms with Crippen molar-refractivity contribution >= 4 is 11.9 Å². The van der Waals surface area contributed by atoms with Gasteiger partial charge in [0.25, 0.3) is 5.91 Å². The summed E-state index contributed by atoms with van der Waals surface area (Å²) in [6.07, 6.45) is 1.96. The van der Waals surface area contributed by atoms with Crippen molar-refractivity contribution in [2.75, 3.05) is 0 Å². The van der Waals surface area contributed by atoms with Crippen LogP contribution in [0.1, 0.15) is 37.5 Å². The van der Waals surface area contributed by atoms with Crippen LogP contribution in [0.15, 0.2) is 66.9 Å². The van der Waals surface area contributed by atoms with E-state index in [2.05, 4.69) is 22.1 Å². The number of halogens is 1. The number of amides is 1. The molecule has 6 heteroatoms. The molecule has 1 heterocycles. The van der Waals surface area contributed by atoms with E-state index in [0.29, 0.717) is 17.7 Å². The van der Waals surface area contributed by atoms with Crippen molar-refractivity contribution in [2.24, 2.45) is 0 Å². The molecule has 1 amide bonds. The third kappa shape index (κ3) is 5.75. The van der Waals surface area contributed by atoms with Gasteiger partial charge in [-0.1, -0.05) is 30.2 Å². The Hall–Kier alpha value is -3.98. The van der Waals surface area contributed by atoms with Gasteiger partial charge in [-0.3, -0.25) is 4.79 Å². The van der Waals surface area contributed by atoms with Crippen molar-refractivity contribution in [2.45, 2.75) is 13.0 Å². The van der Waals surface area contributed by atoms with E-state index in [1.165, 1.54) is 30.5 Å². The number of nitrogens with zero attached hydrogens (tertiary/aromatic N) is 1. The lowest BCUT2D eigenvalue weighted by Gasteiger charge is -2.06. The van der Waals surface area contributed by atoms with E-state index < -0.39 is 5.97 Å². The molecule has 144 valence electrons. The number of nitrogens with one attached hydrogen (secondary N) is 1. The van der Waals surface area contributed by atoms with Gasteiger partial charge in [0.2, 0.25) is 0 Å². The largest absolute Gasteiger partial charge is 0.478 e. The van der Waals surface area contributed by atoms with E-state index in [1.807, 2.05) is 0 Å². The zero-order chi connectivity index (χ0) is 20.6. The highest BCUT2D eigenvalue weighted by Gasteiger charge is 2.07. The van der Waals surface area contributed by atoms with E-state index in [1.54, 1.807) is 36.4 Å². The first kappa shape index (κ1) is 19.8. The Morgan fingerprint density at radius 3 is 2.34 bits per heavy atom. The van der Waals surface area contributed by atoms with Crippen LogP contribution in [0.3, 0.4) is 0 Å². The number of carbonyl (C=O) groups excluding carboxylic acids is 1. The molecule has 0 aliphatic heterocycles. The fourth-order valence-electron chi connectivity index (χ4n) is 2.53. The lowest BCUT2D eigenvalue weighted by Crippen LogP contribution is -2.23. The maximum absolute atomic E-state index is 12.9. The molecule has 0 saturated carbocycles. The third-order valence-corrected chi connectivity index (χ3v) is 4.10. The van der Waals surface area contributed by atoms with Gasteiger partial charge in [-0.25, -0.2) is 14.2 Å². The van der Waals surface area contributed by atoms with Gasteiger partial charge in [-0.15, -0.1) is 0 Å². The molecular formula is C23H17FN2O3. The average molecular weight is 388 g/mol. The molecule has 0 radical (unpaired) electrons. The molecule has 1 aromatic heterocycles. The van der Waals surface area contributed by atoms with E-state index in [0.717, 1.165) is 11.1 Å².